The summed E-state index contributed by atoms with van der Waals surface area (Å²) in [7, 11) is -3.67. The predicted molar refractivity (Wildman–Crippen MR) is 71.8 cm³/mol. The van der Waals surface area contributed by atoms with Crippen molar-refractivity contribution in [3.8, 4) is 0 Å². The number of carbonyl (C=O) groups excluding carboxylic acids is 1. The Kier molecular flexibility index (Phi) is 5.72. The van der Waals surface area contributed by atoms with Gasteiger partial charge in [-0.3, -0.25) is 4.79 Å². The van der Waals surface area contributed by atoms with Gasteiger partial charge in [0.1, 0.15) is 0 Å². The van der Waals surface area contributed by atoms with Crippen molar-refractivity contribution in [2.45, 2.75) is 45.9 Å². The van der Waals surface area contributed by atoms with E-state index in [0.717, 1.165) is 0 Å². The molecule has 1 heterocycles. The van der Waals surface area contributed by atoms with E-state index in [2.05, 4.69) is 10.0 Å². The van der Waals surface area contributed by atoms with Crippen LogP contribution in [-0.4, -0.2) is 56.5 Å². The summed E-state index contributed by atoms with van der Waals surface area (Å²) in [6.07, 6.45) is -0.305. The average molecular weight is 293 g/mol. The summed E-state index contributed by atoms with van der Waals surface area (Å²) in [5.74, 6) is -0.333. The summed E-state index contributed by atoms with van der Waals surface area (Å²) < 4.78 is 33.5. The topological polar surface area (TPSA) is 87.7 Å². The number of carbonyl (C=O) groups is 1. The quantitative estimate of drug-likeness (QED) is 0.712. The van der Waals surface area contributed by atoms with Crippen molar-refractivity contribution in [3.05, 3.63) is 0 Å². The van der Waals surface area contributed by atoms with Crippen molar-refractivity contribution in [1.82, 2.24) is 14.3 Å². The molecule has 0 aromatic heterocycles. The molecule has 19 heavy (non-hydrogen) atoms. The number of morpholine rings is 1. The Hall–Kier alpha value is -0.700. The average Bonchev–Trinajstić information content (AvgIpc) is 2.27. The maximum atomic E-state index is 12.2. The number of hydrogen-bond donors (Lipinski definition) is 2. The van der Waals surface area contributed by atoms with Gasteiger partial charge >= 0.3 is 0 Å². The molecule has 1 saturated heterocycles. The van der Waals surface area contributed by atoms with Crippen molar-refractivity contribution < 1.29 is 17.9 Å². The Bertz CT molecular complexity index is 402. The third-order valence-electron chi connectivity index (χ3n) is 2.80. The standard InChI is InChI=1S/C11H23N3O4S/c1-5-12-11(15)10(4)13-19(16,17)14-6-8(2)18-9(3)7-14/h8-10,13H,5-7H2,1-4H3,(H,12,15). The minimum absolute atomic E-state index is 0.153. The molecule has 1 fully saturated rings. The van der Waals surface area contributed by atoms with Crippen molar-refractivity contribution >= 4 is 16.1 Å². The Morgan fingerprint density at radius 1 is 1.37 bits per heavy atom. The molecule has 1 rings (SSSR count). The summed E-state index contributed by atoms with van der Waals surface area (Å²) >= 11 is 0. The van der Waals surface area contributed by atoms with Gasteiger partial charge in [-0.1, -0.05) is 0 Å². The second-order valence-corrected chi connectivity index (χ2v) is 6.52. The summed E-state index contributed by atoms with van der Waals surface area (Å²) in [5.41, 5.74) is 0. The Morgan fingerprint density at radius 3 is 2.37 bits per heavy atom. The lowest BCUT2D eigenvalue weighted by atomic mass is 10.3. The van der Waals surface area contributed by atoms with E-state index in [1.807, 2.05) is 13.8 Å². The number of amides is 1. The van der Waals surface area contributed by atoms with Gasteiger partial charge in [0.15, 0.2) is 0 Å². The summed E-state index contributed by atoms with van der Waals surface area (Å²) in [4.78, 5) is 11.6. The van der Waals surface area contributed by atoms with E-state index in [1.54, 1.807) is 6.92 Å². The molecular weight excluding hydrogens is 270 g/mol. The highest BCUT2D eigenvalue weighted by Gasteiger charge is 2.32. The molecule has 2 N–H and O–H groups in total. The molecule has 1 aliphatic heterocycles. The summed E-state index contributed by atoms with van der Waals surface area (Å²) in [6.45, 7) is 8.01. The molecule has 3 atom stereocenters. The van der Waals surface area contributed by atoms with Gasteiger partial charge in [-0.15, -0.1) is 0 Å². The highest BCUT2D eigenvalue weighted by molar-refractivity contribution is 7.87. The lowest BCUT2D eigenvalue weighted by Crippen LogP contribution is -2.55. The Labute approximate surface area is 114 Å². The largest absolute Gasteiger partial charge is 0.373 e. The van der Waals surface area contributed by atoms with Crippen LogP contribution in [0.4, 0.5) is 0 Å². The third kappa shape index (κ3) is 4.72. The fraction of sp³-hybridized carbons (Fsp3) is 0.909. The first-order valence-corrected chi connectivity index (χ1v) is 7.90. The molecule has 0 aromatic carbocycles. The molecule has 0 aliphatic carbocycles. The number of rotatable bonds is 5. The number of nitrogens with one attached hydrogen (secondary N) is 2. The van der Waals surface area contributed by atoms with Crippen LogP contribution >= 0.6 is 0 Å². The zero-order chi connectivity index (χ0) is 14.6. The fourth-order valence-electron chi connectivity index (χ4n) is 2.01. The van der Waals surface area contributed by atoms with Crippen molar-refractivity contribution in [1.29, 1.82) is 0 Å². The van der Waals surface area contributed by atoms with Crippen LogP contribution in [0, 0.1) is 0 Å². The number of nitrogens with zero attached hydrogens (tertiary/aromatic N) is 1. The van der Waals surface area contributed by atoms with Crippen LogP contribution in [0.5, 0.6) is 0 Å². The van der Waals surface area contributed by atoms with Crippen molar-refractivity contribution in [3.63, 3.8) is 0 Å². The number of likely N-dealkylation sites (N-methyl/N-ethyl adjacent to an activating group) is 1. The van der Waals surface area contributed by atoms with E-state index in [1.165, 1.54) is 11.2 Å². The van der Waals surface area contributed by atoms with E-state index in [0.29, 0.717) is 19.6 Å². The van der Waals surface area contributed by atoms with Gasteiger partial charge in [-0.25, -0.2) is 0 Å². The molecule has 8 heteroatoms. The van der Waals surface area contributed by atoms with Gasteiger partial charge in [0.05, 0.1) is 18.2 Å². The lowest BCUT2D eigenvalue weighted by Gasteiger charge is -2.34. The fourth-order valence-corrected chi connectivity index (χ4v) is 3.52. The van der Waals surface area contributed by atoms with Crippen LogP contribution in [0.2, 0.25) is 0 Å². The monoisotopic (exact) mass is 293 g/mol. The summed E-state index contributed by atoms with van der Waals surface area (Å²) in [5, 5.41) is 2.58. The first-order valence-electron chi connectivity index (χ1n) is 6.46. The predicted octanol–water partition coefficient (Wildman–Crippen LogP) is -0.545. The highest BCUT2D eigenvalue weighted by Crippen LogP contribution is 2.13. The lowest BCUT2D eigenvalue weighted by molar-refractivity contribution is -0.122. The van der Waals surface area contributed by atoms with E-state index in [9.17, 15) is 13.2 Å². The van der Waals surface area contributed by atoms with Crippen LogP contribution in [0.25, 0.3) is 0 Å². The van der Waals surface area contributed by atoms with Crippen LogP contribution in [0.15, 0.2) is 0 Å². The van der Waals surface area contributed by atoms with Gasteiger partial charge in [-0.05, 0) is 27.7 Å². The second kappa shape index (κ2) is 6.65. The first kappa shape index (κ1) is 16.4. The Balaban J connectivity index is 2.67. The minimum atomic E-state index is -3.67. The van der Waals surface area contributed by atoms with E-state index in [-0.39, 0.29) is 18.1 Å². The maximum Gasteiger partial charge on any atom is 0.280 e. The first-order chi connectivity index (χ1) is 8.76. The van der Waals surface area contributed by atoms with E-state index >= 15 is 0 Å². The molecule has 0 radical (unpaired) electrons. The van der Waals surface area contributed by atoms with Crippen LogP contribution < -0.4 is 10.0 Å². The van der Waals surface area contributed by atoms with Crippen LogP contribution in [0.3, 0.4) is 0 Å². The van der Waals surface area contributed by atoms with Crippen molar-refractivity contribution in [2.75, 3.05) is 19.6 Å². The van der Waals surface area contributed by atoms with Crippen LogP contribution in [0.1, 0.15) is 27.7 Å². The second-order valence-electron chi connectivity index (χ2n) is 4.81. The highest BCUT2D eigenvalue weighted by atomic mass is 32.2. The summed E-state index contributed by atoms with van der Waals surface area (Å²) in [6, 6.07) is -0.793. The molecule has 0 spiro atoms. The number of ether oxygens (including phenoxy) is 1. The van der Waals surface area contributed by atoms with E-state index < -0.39 is 16.3 Å². The van der Waals surface area contributed by atoms with Gasteiger partial charge in [0.25, 0.3) is 10.2 Å². The zero-order valence-corrected chi connectivity index (χ0v) is 12.7. The van der Waals surface area contributed by atoms with Gasteiger partial charge in [-0.2, -0.15) is 17.4 Å². The molecule has 1 aliphatic rings. The Morgan fingerprint density at radius 2 is 1.89 bits per heavy atom. The molecule has 0 aromatic rings. The smallest absolute Gasteiger partial charge is 0.280 e. The third-order valence-corrected chi connectivity index (χ3v) is 4.43. The molecule has 0 bridgehead atoms. The van der Waals surface area contributed by atoms with E-state index in [4.69, 9.17) is 4.74 Å². The van der Waals surface area contributed by atoms with Crippen molar-refractivity contribution in [2.24, 2.45) is 0 Å². The van der Waals surface area contributed by atoms with Gasteiger partial charge in [0.2, 0.25) is 5.91 Å². The molecule has 0 saturated carbocycles. The van der Waals surface area contributed by atoms with Crippen LogP contribution in [-0.2, 0) is 19.7 Å². The maximum absolute atomic E-state index is 12.2. The zero-order valence-electron chi connectivity index (χ0n) is 11.8. The molecule has 1 amide bonds. The molecule has 3 unspecified atom stereocenters. The number of hydrogen-bond acceptors (Lipinski definition) is 4. The van der Waals surface area contributed by atoms with Gasteiger partial charge in [0, 0.05) is 19.6 Å². The molecule has 7 nitrogen and oxygen atoms in total. The van der Waals surface area contributed by atoms with Gasteiger partial charge < -0.3 is 10.1 Å². The minimum Gasteiger partial charge on any atom is -0.373 e. The SMILES string of the molecule is CCNC(=O)C(C)NS(=O)(=O)N1CC(C)OC(C)C1. The normalized spacial score (nSPS) is 26.9. The molecule has 112 valence electrons. The molecular formula is C11H23N3O4S.